The molecule has 0 bridgehead atoms. The highest BCUT2D eigenvalue weighted by molar-refractivity contribution is 5.95. The Kier molecular flexibility index (Phi) is 9.77. The van der Waals surface area contributed by atoms with Crippen LogP contribution < -0.4 is 35.0 Å². The van der Waals surface area contributed by atoms with Crippen LogP contribution in [0.3, 0.4) is 0 Å². The molecule has 4 N–H and O–H groups in total. The van der Waals surface area contributed by atoms with Crippen LogP contribution in [0.25, 0.3) is 0 Å². The Morgan fingerprint density at radius 1 is 1.11 bits per heavy atom. The van der Waals surface area contributed by atoms with Gasteiger partial charge in [-0.2, -0.15) is 5.10 Å². The maximum absolute atomic E-state index is 12.4. The number of benzene rings is 2. The molecule has 2 atom stereocenters. The lowest BCUT2D eigenvalue weighted by Crippen LogP contribution is -2.45. The average Bonchev–Trinajstić information content (AvgIpc) is 2.91. The number of urea groups is 1. The van der Waals surface area contributed by atoms with Crippen LogP contribution in [-0.2, 0) is 9.53 Å². The molecular weight excluding hydrogens is 496 g/mol. The first-order valence-corrected chi connectivity index (χ1v) is 11.8. The highest BCUT2D eigenvalue weighted by Gasteiger charge is 2.32. The van der Waals surface area contributed by atoms with E-state index in [1.807, 2.05) is 6.92 Å². The smallest absolute Gasteiger partial charge is 0.337 e. The van der Waals surface area contributed by atoms with Gasteiger partial charge < -0.3 is 39.4 Å². The highest BCUT2D eigenvalue weighted by atomic mass is 16.5. The van der Waals surface area contributed by atoms with Crippen LogP contribution in [0.4, 0.5) is 4.79 Å². The number of hydrogen-bond acceptors (Lipinski definition) is 10. The van der Waals surface area contributed by atoms with E-state index in [1.54, 1.807) is 50.4 Å². The summed E-state index contributed by atoms with van der Waals surface area (Å²) in [6.45, 7) is 3.63. The van der Waals surface area contributed by atoms with Crippen molar-refractivity contribution in [3.8, 4) is 23.0 Å². The maximum Gasteiger partial charge on any atom is 0.337 e. The minimum atomic E-state index is -1.13. The molecule has 2 amide bonds. The van der Waals surface area contributed by atoms with Crippen molar-refractivity contribution in [2.24, 2.45) is 5.10 Å². The van der Waals surface area contributed by atoms with Crippen LogP contribution in [0.15, 0.2) is 52.8 Å². The second kappa shape index (κ2) is 13.2. The van der Waals surface area contributed by atoms with Crippen molar-refractivity contribution < 1.29 is 38.4 Å². The fraction of sp³-hybridized carbons (Fsp3) is 0.346. The zero-order valence-electron chi connectivity index (χ0n) is 21.9. The van der Waals surface area contributed by atoms with Crippen molar-refractivity contribution in [3.05, 3.63) is 58.8 Å². The van der Waals surface area contributed by atoms with Crippen molar-refractivity contribution in [2.75, 3.05) is 34.5 Å². The molecule has 0 radical (unpaired) electrons. The van der Waals surface area contributed by atoms with Gasteiger partial charge in [0.1, 0.15) is 18.1 Å². The summed E-state index contributed by atoms with van der Waals surface area (Å²) in [6.07, 6.45) is 0.369. The Balaban J connectivity index is 1.70. The number of ether oxygens (including phenoxy) is 5. The molecule has 3 rings (SSSR count). The zero-order chi connectivity index (χ0) is 27.7. The fourth-order valence-electron chi connectivity index (χ4n) is 3.74. The van der Waals surface area contributed by atoms with Crippen molar-refractivity contribution in [1.29, 1.82) is 0 Å². The second-order valence-corrected chi connectivity index (χ2v) is 8.02. The van der Waals surface area contributed by atoms with Crippen LogP contribution >= 0.6 is 0 Å². The Morgan fingerprint density at radius 3 is 2.58 bits per heavy atom. The average molecular weight is 529 g/mol. The number of allylic oxidation sites excluding steroid dienone is 1. The van der Waals surface area contributed by atoms with Crippen LogP contribution in [-0.4, -0.2) is 64.1 Å². The van der Waals surface area contributed by atoms with Crippen molar-refractivity contribution in [2.45, 2.75) is 26.1 Å². The normalized spacial score (nSPS) is 15.8. The topological polar surface area (TPSA) is 149 Å². The maximum atomic E-state index is 12.4. The number of esters is 1. The molecule has 0 saturated heterocycles. The molecule has 1 heterocycles. The first-order valence-electron chi connectivity index (χ1n) is 11.8. The number of rotatable bonds is 12. The van der Waals surface area contributed by atoms with E-state index in [0.29, 0.717) is 46.4 Å². The molecule has 1 aliphatic rings. The molecule has 12 nitrogen and oxygen atoms in total. The molecular formula is C26H32N4O8. The molecule has 2 aromatic rings. The van der Waals surface area contributed by atoms with E-state index in [9.17, 15) is 14.7 Å². The molecule has 1 aliphatic heterocycles. The summed E-state index contributed by atoms with van der Waals surface area (Å²) in [5.74, 6) is 1.37. The number of aliphatic hydroxyl groups is 1. The number of aliphatic hydroxyl groups excluding tert-OH is 1. The predicted molar refractivity (Wildman–Crippen MR) is 139 cm³/mol. The van der Waals surface area contributed by atoms with Gasteiger partial charge in [0, 0.05) is 17.3 Å². The summed E-state index contributed by atoms with van der Waals surface area (Å²) < 4.78 is 26.9. The molecule has 0 saturated carbocycles. The van der Waals surface area contributed by atoms with Gasteiger partial charge in [0.05, 0.1) is 45.8 Å². The Labute approximate surface area is 220 Å². The molecule has 2 aromatic carbocycles. The number of hydrogen-bond donors (Lipinski definition) is 4. The molecule has 0 fully saturated rings. The third-order valence-corrected chi connectivity index (χ3v) is 5.54. The summed E-state index contributed by atoms with van der Waals surface area (Å²) in [4.78, 5) is 24.5. The zero-order valence-corrected chi connectivity index (χ0v) is 21.9. The van der Waals surface area contributed by atoms with Crippen LogP contribution in [0.1, 0.15) is 31.0 Å². The largest absolute Gasteiger partial charge is 0.497 e. The molecule has 38 heavy (non-hydrogen) atoms. The van der Waals surface area contributed by atoms with Gasteiger partial charge in [-0.3, -0.25) is 5.43 Å². The van der Waals surface area contributed by atoms with Crippen LogP contribution in [0.5, 0.6) is 23.0 Å². The lowest BCUT2D eigenvalue weighted by Gasteiger charge is -2.28. The van der Waals surface area contributed by atoms with E-state index in [4.69, 9.17) is 23.7 Å². The quantitative estimate of drug-likeness (QED) is 0.141. The number of nitrogens with zero attached hydrogens (tertiary/aromatic N) is 1. The minimum Gasteiger partial charge on any atom is -0.497 e. The summed E-state index contributed by atoms with van der Waals surface area (Å²) in [7, 11) is 4.37. The second-order valence-electron chi connectivity index (χ2n) is 8.02. The van der Waals surface area contributed by atoms with Crippen LogP contribution in [0, 0.1) is 0 Å². The van der Waals surface area contributed by atoms with Gasteiger partial charge in [0.2, 0.25) is 0 Å². The van der Waals surface area contributed by atoms with E-state index < -0.39 is 24.3 Å². The van der Waals surface area contributed by atoms with Crippen molar-refractivity contribution in [3.63, 3.8) is 0 Å². The van der Waals surface area contributed by atoms with Gasteiger partial charge in [0.25, 0.3) is 0 Å². The molecule has 0 aliphatic carbocycles. The van der Waals surface area contributed by atoms with E-state index in [0.717, 1.165) is 0 Å². The number of methoxy groups -OCH3 is 3. The summed E-state index contributed by atoms with van der Waals surface area (Å²) in [5.41, 5.74) is 4.53. The Morgan fingerprint density at radius 2 is 1.89 bits per heavy atom. The van der Waals surface area contributed by atoms with E-state index in [1.165, 1.54) is 20.4 Å². The molecule has 0 spiro atoms. The number of hydrazone groups is 1. The lowest BCUT2D eigenvalue weighted by molar-refractivity contribution is -0.136. The van der Waals surface area contributed by atoms with Gasteiger partial charge in [-0.25, -0.2) is 9.59 Å². The van der Waals surface area contributed by atoms with Crippen LogP contribution in [0.2, 0.25) is 0 Å². The molecule has 0 aromatic heterocycles. The van der Waals surface area contributed by atoms with E-state index >= 15 is 0 Å². The molecule has 204 valence electrons. The van der Waals surface area contributed by atoms with Crippen molar-refractivity contribution >= 4 is 18.2 Å². The number of nitrogens with one attached hydrogen (secondary N) is 3. The summed E-state index contributed by atoms with van der Waals surface area (Å²) in [6, 6.07) is 9.06. The summed E-state index contributed by atoms with van der Waals surface area (Å²) in [5, 5.41) is 19.7. The van der Waals surface area contributed by atoms with E-state index in [-0.39, 0.29) is 12.2 Å². The molecule has 0 unspecified atom stereocenters. The fourth-order valence-corrected chi connectivity index (χ4v) is 3.74. The Hall–Kier alpha value is -4.45. The van der Waals surface area contributed by atoms with Gasteiger partial charge in [-0.05, 0) is 43.7 Å². The number of carbonyl (C=O) groups excluding carboxylic acids is 2. The van der Waals surface area contributed by atoms with Crippen molar-refractivity contribution in [1.82, 2.24) is 16.1 Å². The van der Waals surface area contributed by atoms with Gasteiger partial charge in [-0.1, -0.05) is 6.07 Å². The van der Waals surface area contributed by atoms with Gasteiger partial charge >= 0.3 is 12.0 Å². The lowest BCUT2D eigenvalue weighted by atomic mass is 9.95. The third-order valence-electron chi connectivity index (χ3n) is 5.54. The standard InChI is InChI=1S/C26H32N4O8/c1-6-37-21-11-16(24-23(25(32)36-5)15(2)28-26(33)29-24)8-10-19(21)38-14-22(31)30-27-13-17-7-9-18(34-3)12-20(17)35-4/h7-13,22,24,30-31H,6,14H2,1-5H3,(H2,28,29,33)/b27-13-/t22-,24-/m1/s1. The van der Waals surface area contributed by atoms with Gasteiger partial charge in [0.15, 0.2) is 17.7 Å². The first kappa shape index (κ1) is 28.1. The third kappa shape index (κ3) is 6.85. The predicted octanol–water partition coefficient (Wildman–Crippen LogP) is 2.22. The molecule has 12 heteroatoms. The van der Waals surface area contributed by atoms with E-state index in [2.05, 4.69) is 21.2 Å². The first-order chi connectivity index (χ1) is 18.3. The minimum absolute atomic E-state index is 0.146. The monoisotopic (exact) mass is 528 g/mol. The SMILES string of the molecule is CCOc1cc([C@H]2NC(=O)NC(C)=C2C(=O)OC)ccc1OC[C@@H](O)N/N=C\c1ccc(OC)cc1OC. The van der Waals surface area contributed by atoms with Gasteiger partial charge in [-0.15, -0.1) is 0 Å². The highest BCUT2D eigenvalue weighted by Crippen LogP contribution is 2.35. The number of amides is 2. The summed E-state index contributed by atoms with van der Waals surface area (Å²) >= 11 is 0. The number of carbonyl (C=O) groups is 2. The Bertz CT molecular complexity index is 1210.